The molecular formula is C18H25ClN2O3. The van der Waals surface area contributed by atoms with Gasteiger partial charge in [-0.15, -0.1) is 0 Å². The van der Waals surface area contributed by atoms with Crippen molar-refractivity contribution in [1.82, 2.24) is 10.2 Å². The van der Waals surface area contributed by atoms with Gasteiger partial charge in [0.2, 0.25) is 5.91 Å². The van der Waals surface area contributed by atoms with Crippen molar-refractivity contribution >= 4 is 23.4 Å². The topological polar surface area (TPSA) is 58.6 Å². The largest absolute Gasteiger partial charge is 0.375 e. The van der Waals surface area contributed by atoms with Crippen LogP contribution in [0.2, 0.25) is 5.02 Å². The molecule has 6 heteroatoms. The Morgan fingerprint density at radius 3 is 2.58 bits per heavy atom. The first-order chi connectivity index (χ1) is 11.4. The molecule has 5 nitrogen and oxygen atoms in total. The van der Waals surface area contributed by atoms with Crippen LogP contribution in [0.5, 0.6) is 0 Å². The Bertz CT molecular complexity index is 574. The number of hydrogen-bond acceptors (Lipinski definition) is 3. The second-order valence-electron chi connectivity index (χ2n) is 6.63. The van der Waals surface area contributed by atoms with Gasteiger partial charge in [0.1, 0.15) is 6.04 Å². The van der Waals surface area contributed by atoms with E-state index in [2.05, 4.69) is 5.32 Å². The molecule has 1 aliphatic rings. The van der Waals surface area contributed by atoms with E-state index in [1.54, 1.807) is 29.2 Å². The molecule has 0 spiro atoms. The van der Waals surface area contributed by atoms with E-state index in [9.17, 15) is 9.59 Å². The fourth-order valence-electron chi connectivity index (χ4n) is 2.77. The van der Waals surface area contributed by atoms with E-state index < -0.39 is 6.04 Å². The minimum Gasteiger partial charge on any atom is -0.375 e. The zero-order chi connectivity index (χ0) is 17.7. The van der Waals surface area contributed by atoms with E-state index in [4.69, 9.17) is 16.3 Å². The van der Waals surface area contributed by atoms with Gasteiger partial charge in [0.05, 0.1) is 12.7 Å². The fraction of sp³-hybridized carbons (Fsp3) is 0.556. The molecule has 0 saturated carbocycles. The van der Waals surface area contributed by atoms with E-state index in [0.717, 1.165) is 0 Å². The molecule has 132 valence electrons. The van der Waals surface area contributed by atoms with Crippen LogP contribution in [0.25, 0.3) is 0 Å². The number of ether oxygens (including phenoxy) is 1. The molecule has 1 N–H and O–H groups in total. The quantitative estimate of drug-likeness (QED) is 0.886. The summed E-state index contributed by atoms with van der Waals surface area (Å²) in [6, 6.07) is 6.12. The number of hydrogen-bond donors (Lipinski definition) is 1. The molecule has 1 aliphatic heterocycles. The summed E-state index contributed by atoms with van der Waals surface area (Å²) < 4.78 is 5.49. The Hall–Kier alpha value is -1.59. The van der Waals surface area contributed by atoms with Crippen molar-refractivity contribution in [2.75, 3.05) is 19.7 Å². The third-order valence-corrected chi connectivity index (χ3v) is 4.22. The number of nitrogens with zero attached hydrogens (tertiary/aromatic N) is 1. The van der Waals surface area contributed by atoms with Gasteiger partial charge in [-0.2, -0.15) is 0 Å². The number of carbonyl (C=O) groups excluding carboxylic acids is 2. The van der Waals surface area contributed by atoms with Gasteiger partial charge in [-0.05, 0) is 43.5 Å². The molecule has 0 unspecified atom stereocenters. The van der Waals surface area contributed by atoms with Crippen molar-refractivity contribution in [3.8, 4) is 0 Å². The zero-order valence-electron chi connectivity index (χ0n) is 14.4. The SMILES string of the molecule is CC(C)C[C@@H](NC(=O)c1ccc(Cl)cc1)C(=O)N1CCO[C@@H](C)C1. The Morgan fingerprint density at radius 1 is 1.33 bits per heavy atom. The van der Waals surface area contributed by atoms with Crippen molar-refractivity contribution in [3.05, 3.63) is 34.9 Å². The molecule has 0 aromatic heterocycles. The molecule has 0 bridgehead atoms. The maximum atomic E-state index is 12.8. The molecule has 2 atom stereocenters. The minimum absolute atomic E-state index is 0.0226. The molecule has 2 rings (SSSR count). The van der Waals surface area contributed by atoms with Crippen molar-refractivity contribution in [3.63, 3.8) is 0 Å². The number of rotatable bonds is 5. The monoisotopic (exact) mass is 352 g/mol. The Labute approximate surface area is 148 Å². The van der Waals surface area contributed by atoms with Gasteiger partial charge in [-0.25, -0.2) is 0 Å². The van der Waals surface area contributed by atoms with Crippen molar-refractivity contribution in [1.29, 1.82) is 0 Å². The van der Waals surface area contributed by atoms with Crippen molar-refractivity contribution in [2.24, 2.45) is 5.92 Å². The van der Waals surface area contributed by atoms with Gasteiger partial charge in [0.25, 0.3) is 5.91 Å². The smallest absolute Gasteiger partial charge is 0.251 e. The number of benzene rings is 1. The molecule has 1 aromatic rings. The van der Waals surface area contributed by atoms with Crippen molar-refractivity contribution in [2.45, 2.75) is 39.3 Å². The van der Waals surface area contributed by atoms with E-state index >= 15 is 0 Å². The predicted molar refractivity (Wildman–Crippen MR) is 94.2 cm³/mol. The van der Waals surface area contributed by atoms with Crippen LogP contribution in [0.1, 0.15) is 37.6 Å². The van der Waals surface area contributed by atoms with Crippen LogP contribution in [0.3, 0.4) is 0 Å². The van der Waals surface area contributed by atoms with Gasteiger partial charge >= 0.3 is 0 Å². The fourth-order valence-corrected chi connectivity index (χ4v) is 2.90. The second-order valence-corrected chi connectivity index (χ2v) is 7.06. The summed E-state index contributed by atoms with van der Waals surface area (Å²) in [6.07, 6.45) is 0.624. The number of morpholine rings is 1. The van der Waals surface area contributed by atoms with Gasteiger partial charge < -0.3 is 15.0 Å². The number of carbonyl (C=O) groups is 2. The summed E-state index contributed by atoms with van der Waals surface area (Å²) in [5.41, 5.74) is 0.497. The van der Waals surface area contributed by atoms with Gasteiger partial charge in [-0.3, -0.25) is 9.59 Å². The lowest BCUT2D eigenvalue weighted by molar-refractivity contribution is -0.140. The highest BCUT2D eigenvalue weighted by atomic mass is 35.5. The second kappa shape index (κ2) is 8.49. The highest BCUT2D eigenvalue weighted by Gasteiger charge is 2.29. The first kappa shape index (κ1) is 18.7. The van der Waals surface area contributed by atoms with Crippen molar-refractivity contribution < 1.29 is 14.3 Å². The molecular weight excluding hydrogens is 328 g/mol. The van der Waals surface area contributed by atoms with Gasteiger partial charge in [0, 0.05) is 23.7 Å². The molecule has 1 heterocycles. The number of amides is 2. The maximum absolute atomic E-state index is 12.8. The van der Waals surface area contributed by atoms with Crippen LogP contribution >= 0.6 is 11.6 Å². The summed E-state index contributed by atoms with van der Waals surface area (Å²) in [5, 5.41) is 3.45. The number of nitrogens with one attached hydrogen (secondary N) is 1. The third kappa shape index (κ3) is 5.21. The summed E-state index contributed by atoms with van der Waals surface area (Å²) in [7, 11) is 0. The van der Waals surface area contributed by atoms with Crippen LogP contribution in [0.4, 0.5) is 0 Å². The van der Waals surface area contributed by atoms with E-state index in [0.29, 0.717) is 42.6 Å². The molecule has 1 fully saturated rings. The highest BCUT2D eigenvalue weighted by molar-refractivity contribution is 6.30. The Balaban J connectivity index is 2.08. The maximum Gasteiger partial charge on any atom is 0.251 e. The lowest BCUT2D eigenvalue weighted by Crippen LogP contribution is -2.53. The first-order valence-electron chi connectivity index (χ1n) is 8.33. The van der Waals surface area contributed by atoms with Crippen LogP contribution in [0.15, 0.2) is 24.3 Å². The molecule has 1 aromatic carbocycles. The molecule has 0 aliphatic carbocycles. The summed E-state index contributed by atoms with van der Waals surface area (Å²) >= 11 is 5.85. The summed E-state index contributed by atoms with van der Waals surface area (Å²) in [4.78, 5) is 27.1. The van der Waals surface area contributed by atoms with Gasteiger partial charge in [-0.1, -0.05) is 25.4 Å². The Kier molecular flexibility index (Phi) is 6.63. The molecule has 1 saturated heterocycles. The van der Waals surface area contributed by atoms with E-state index in [-0.39, 0.29) is 17.9 Å². The highest BCUT2D eigenvalue weighted by Crippen LogP contribution is 2.14. The first-order valence-corrected chi connectivity index (χ1v) is 8.71. The molecule has 0 radical (unpaired) electrons. The average molecular weight is 353 g/mol. The van der Waals surface area contributed by atoms with Crippen LogP contribution in [-0.2, 0) is 9.53 Å². The van der Waals surface area contributed by atoms with Crippen LogP contribution < -0.4 is 5.32 Å². The zero-order valence-corrected chi connectivity index (χ0v) is 15.2. The normalized spacial score (nSPS) is 19.2. The third-order valence-electron chi connectivity index (χ3n) is 3.97. The van der Waals surface area contributed by atoms with E-state index in [1.165, 1.54) is 0 Å². The van der Waals surface area contributed by atoms with Gasteiger partial charge in [0.15, 0.2) is 0 Å². The van der Waals surface area contributed by atoms with Crippen LogP contribution in [-0.4, -0.2) is 48.6 Å². The lowest BCUT2D eigenvalue weighted by atomic mass is 10.0. The lowest BCUT2D eigenvalue weighted by Gasteiger charge is -2.34. The molecule has 2 amide bonds. The average Bonchev–Trinajstić information content (AvgIpc) is 2.53. The standard InChI is InChI=1S/C18H25ClN2O3/c1-12(2)10-16(18(23)21-8-9-24-13(3)11-21)20-17(22)14-4-6-15(19)7-5-14/h4-7,12-13,16H,8-11H2,1-3H3,(H,20,22)/t13-,16+/m0/s1. The summed E-state index contributed by atoms with van der Waals surface area (Å²) in [5.74, 6) is -0.00364. The Morgan fingerprint density at radius 2 is 2.00 bits per heavy atom. The minimum atomic E-state index is -0.529. The predicted octanol–water partition coefficient (Wildman–Crippen LogP) is 2.73. The van der Waals surface area contributed by atoms with E-state index in [1.807, 2.05) is 20.8 Å². The summed E-state index contributed by atoms with van der Waals surface area (Å²) in [6.45, 7) is 7.68. The van der Waals surface area contributed by atoms with Crippen LogP contribution in [0, 0.1) is 5.92 Å². The molecule has 24 heavy (non-hydrogen) atoms. The number of halogens is 1.